The lowest BCUT2D eigenvalue weighted by Gasteiger charge is -2.27. The first kappa shape index (κ1) is 16.6. The van der Waals surface area contributed by atoms with Gasteiger partial charge in [-0.2, -0.15) is 0 Å². The first-order chi connectivity index (χ1) is 9.73. The number of rotatable bonds is 2. The second kappa shape index (κ2) is 6.18. The van der Waals surface area contributed by atoms with Gasteiger partial charge in [0.05, 0.1) is 0 Å². The van der Waals surface area contributed by atoms with Gasteiger partial charge < -0.3 is 4.90 Å². The second-order valence-corrected chi connectivity index (χ2v) is 8.01. The van der Waals surface area contributed by atoms with Gasteiger partial charge in [0.2, 0.25) is 0 Å². The maximum Gasteiger partial charge on any atom is 0.265 e. The van der Waals surface area contributed by atoms with Gasteiger partial charge in [-0.05, 0) is 41.3 Å². The van der Waals surface area contributed by atoms with E-state index in [-0.39, 0.29) is 4.47 Å². The van der Waals surface area contributed by atoms with Crippen molar-refractivity contribution >= 4 is 41.6 Å². The molecule has 1 fully saturated rings. The van der Waals surface area contributed by atoms with Crippen molar-refractivity contribution in [2.24, 2.45) is 0 Å². The van der Waals surface area contributed by atoms with E-state index in [0.717, 1.165) is 25.3 Å². The van der Waals surface area contributed by atoms with Crippen LogP contribution in [0.3, 0.4) is 0 Å². The predicted octanol–water partition coefficient (Wildman–Crippen LogP) is 3.28. The Hall–Kier alpha value is -0.730. The lowest BCUT2D eigenvalue weighted by molar-refractivity contribution is 0.0713. The highest BCUT2D eigenvalue weighted by Crippen LogP contribution is 2.32. The molecule has 1 amide bonds. The van der Waals surface area contributed by atoms with Crippen molar-refractivity contribution < 1.29 is 22.0 Å². The fourth-order valence-corrected chi connectivity index (χ4v) is 4.60. The van der Waals surface area contributed by atoms with Gasteiger partial charge in [-0.1, -0.05) is 0 Å². The molecule has 2 rings (SSSR count). The van der Waals surface area contributed by atoms with Crippen molar-refractivity contribution in [1.82, 2.24) is 4.90 Å². The van der Waals surface area contributed by atoms with Crippen LogP contribution in [-0.4, -0.2) is 32.3 Å². The third-order valence-electron chi connectivity index (χ3n) is 3.23. The van der Waals surface area contributed by atoms with E-state index in [4.69, 9.17) is 10.7 Å². The Morgan fingerprint density at radius 3 is 2.33 bits per heavy atom. The van der Waals surface area contributed by atoms with E-state index in [1.165, 1.54) is 4.90 Å². The van der Waals surface area contributed by atoms with Crippen molar-refractivity contribution in [3.05, 3.63) is 27.7 Å². The van der Waals surface area contributed by atoms with Gasteiger partial charge in [0.15, 0.2) is 5.82 Å². The number of halogens is 4. The van der Waals surface area contributed by atoms with Crippen molar-refractivity contribution in [3.8, 4) is 0 Å². The number of hydrogen-bond donors (Lipinski definition) is 0. The van der Waals surface area contributed by atoms with Crippen LogP contribution >= 0.6 is 26.6 Å². The molecule has 0 atom stereocenters. The summed E-state index contributed by atoms with van der Waals surface area (Å²) in [5.74, 6) is -3.45. The number of hydrogen-bond acceptors (Lipinski definition) is 3. The summed E-state index contributed by atoms with van der Waals surface area (Å²) < 4.78 is 50.7. The van der Waals surface area contributed by atoms with Crippen LogP contribution in [-0.2, 0) is 9.05 Å². The predicted molar refractivity (Wildman–Crippen MR) is 76.9 cm³/mol. The summed E-state index contributed by atoms with van der Waals surface area (Å²) in [5.41, 5.74) is -0.890. The van der Waals surface area contributed by atoms with Crippen molar-refractivity contribution in [1.29, 1.82) is 0 Å². The van der Waals surface area contributed by atoms with Gasteiger partial charge in [-0.3, -0.25) is 4.79 Å². The van der Waals surface area contributed by atoms with Gasteiger partial charge in [0.25, 0.3) is 15.0 Å². The molecule has 0 bridgehead atoms. The van der Waals surface area contributed by atoms with Crippen LogP contribution in [0, 0.1) is 11.6 Å². The molecular weight excluding hydrogens is 392 g/mol. The zero-order valence-electron chi connectivity index (χ0n) is 10.7. The van der Waals surface area contributed by atoms with Gasteiger partial charge in [0, 0.05) is 28.2 Å². The normalized spacial score (nSPS) is 16.1. The van der Waals surface area contributed by atoms with Crippen LogP contribution < -0.4 is 0 Å². The van der Waals surface area contributed by atoms with E-state index in [9.17, 15) is 22.0 Å². The maximum atomic E-state index is 14.3. The Morgan fingerprint density at radius 1 is 1.24 bits per heavy atom. The quantitative estimate of drug-likeness (QED) is 0.713. The van der Waals surface area contributed by atoms with E-state index in [1.54, 1.807) is 0 Å². The zero-order chi connectivity index (χ0) is 15.8. The molecule has 0 saturated carbocycles. The number of likely N-dealkylation sites (tertiary alicyclic amines) is 1. The summed E-state index contributed by atoms with van der Waals surface area (Å²) in [6.45, 7) is 0.771. The summed E-state index contributed by atoms with van der Waals surface area (Å²) in [5, 5.41) is 0. The van der Waals surface area contributed by atoms with Crippen LogP contribution in [0.4, 0.5) is 8.78 Å². The van der Waals surface area contributed by atoms with E-state index < -0.39 is 37.1 Å². The lowest BCUT2D eigenvalue weighted by atomic mass is 10.1. The summed E-state index contributed by atoms with van der Waals surface area (Å²) >= 11 is 2.74. The van der Waals surface area contributed by atoms with E-state index in [1.807, 2.05) is 0 Å². The number of carbonyl (C=O) groups is 1. The summed E-state index contributed by atoms with van der Waals surface area (Å²) in [6, 6.07) is 0.732. The Balaban J connectivity index is 2.56. The Kier molecular flexibility index (Phi) is 4.89. The van der Waals surface area contributed by atoms with Crippen LogP contribution in [0.25, 0.3) is 0 Å². The van der Waals surface area contributed by atoms with Crippen LogP contribution in [0.2, 0.25) is 0 Å². The SMILES string of the molecule is O=C(c1c(F)cc(Br)c(S(=O)(=O)Cl)c1F)N1CCCCC1. The summed E-state index contributed by atoms with van der Waals surface area (Å²) in [4.78, 5) is 12.6. The van der Waals surface area contributed by atoms with Gasteiger partial charge in [0.1, 0.15) is 16.3 Å². The molecule has 1 saturated heterocycles. The minimum absolute atomic E-state index is 0.359. The first-order valence-corrected chi connectivity index (χ1v) is 9.25. The van der Waals surface area contributed by atoms with Gasteiger partial charge >= 0.3 is 0 Å². The fourth-order valence-electron chi connectivity index (χ4n) is 2.25. The number of benzene rings is 1. The molecule has 0 aliphatic carbocycles. The molecule has 21 heavy (non-hydrogen) atoms. The van der Waals surface area contributed by atoms with Crippen molar-refractivity contribution in [3.63, 3.8) is 0 Å². The molecule has 0 spiro atoms. The highest BCUT2D eigenvalue weighted by molar-refractivity contribution is 9.10. The third-order valence-corrected chi connectivity index (χ3v) is 5.47. The van der Waals surface area contributed by atoms with Crippen LogP contribution in [0.15, 0.2) is 15.4 Å². The largest absolute Gasteiger partial charge is 0.338 e. The number of piperidine rings is 1. The standard InChI is InChI=1S/C12H11BrClF2NO3S/c13-7-6-8(15)9(10(16)11(7)21(14,19)20)12(18)17-4-2-1-3-5-17/h6H,1-5H2. The summed E-state index contributed by atoms with van der Waals surface area (Å²) in [6.07, 6.45) is 2.43. The molecule has 0 aromatic heterocycles. The van der Waals surface area contributed by atoms with Gasteiger partial charge in [-0.25, -0.2) is 17.2 Å². The Bertz CT molecular complexity index is 690. The molecule has 9 heteroatoms. The average Bonchev–Trinajstić information content (AvgIpc) is 2.37. The van der Waals surface area contributed by atoms with Crippen molar-refractivity contribution in [2.75, 3.05) is 13.1 Å². The maximum absolute atomic E-state index is 14.3. The van der Waals surface area contributed by atoms with Gasteiger partial charge in [-0.15, -0.1) is 0 Å². The highest BCUT2D eigenvalue weighted by Gasteiger charge is 2.31. The monoisotopic (exact) mass is 401 g/mol. The third kappa shape index (κ3) is 3.37. The highest BCUT2D eigenvalue weighted by atomic mass is 79.9. The fraction of sp³-hybridized carbons (Fsp3) is 0.417. The second-order valence-electron chi connectivity index (χ2n) is 4.65. The topological polar surface area (TPSA) is 54.5 Å². The molecule has 0 N–H and O–H groups in total. The first-order valence-electron chi connectivity index (χ1n) is 6.15. The molecule has 1 aliphatic rings. The average molecular weight is 403 g/mol. The molecule has 4 nitrogen and oxygen atoms in total. The molecule has 0 radical (unpaired) electrons. The molecular formula is C12H11BrClF2NO3S. The molecule has 1 aliphatic heterocycles. The molecule has 0 unspecified atom stereocenters. The van der Waals surface area contributed by atoms with Crippen LogP contribution in [0.5, 0.6) is 0 Å². The molecule has 1 heterocycles. The molecule has 1 aromatic carbocycles. The van der Waals surface area contributed by atoms with Crippen LogP contribution in [0.1, 0.15) is 29.6 Å². The minimum atomic E-state index is -4.45. The zero-order valence-corrected chi connectivity index (χ0v) is 13.9. The smallest absolute Gasteiger partial charge is 0.265 e. The Morgan fingerprint density at radius 2 is 1.81 bits per heavy atom. The minimum Gasteiger partial charge on any atom is -0.338 e. The Labute approximate surface area is 133 Å². The molecule has 116 valence electrons. The van der Waals surface area contributed by atoms with E-state index >= 15 is 0 Å². The van der Waals surface area contributed by atoms with Crippen molar-refractivity contribution in [2.45, 2.75) is 24.2 Å². The summed E-state index contributed by atoms with van der Waals surface area (Å²) in [7, 11) is 0.684. The lowest BCUT2D eigenvalue weighted by Crippen LogP contribution is -2.36. The van der Waals surface area contributed by atoms with E-state index in [2.05, 4.69) is 15.9 Å². The number of carbonyl (C=O) groups excluding carboxylic acids is 1. The van der Waals surface area contributed by atoms with E-state index in [0.29, 0.717) is 13.1 Å². The number of amides is 1. The molecule has 1 aromatic rings. The number of nitrogens with zero attached hydrogens (tertiary/aromatic N) is 1.